The normalized spacial score (nSPS) is 9.82. The minimum absolute atomic E-state index is 0.0646. The van der Waals surface area contributed by atoms with E-state index in [9.17, 15) is 10.1 Å². The maximum absolute atomic E-state index is 10.8. The lowest BCUT2D eigenvalue weighted by atomic mass is 10.3. The molecule has 0 spiro atoms. The fourth-order valence-corrected chi connectivity index (χ4v) is 3.27. The average Bonchev–Trinajstić information content (AvgIpc) is 2.77. The van der Waals surface area contributed by atoms with Crippen LogP contribution in [0.3, 0.4) is 0 Å². The summed E-state index contributed by atoms with van der Waals surface area (Å²) in [6, 6.07) is 10.3. The van der Waals surface area contributed by atoms with Gasteiger partial charge in [-0.05, 0) is 17.5 Å². The van der Waals surface area contributed by atoms with Crippen molar-refractivity contribution in [3.05, 3.63) is 51.4 Å². The van der Waals surface area contributed by atoms with Crippen molar-refractivity contribution in [3.8, 4) is 6.07 Å². The van der Waals surface area contributed by atoms with Crippen LogP contribution in [0.5, 0.6) is 0 Å². The van der Waals surface area contributed by atoms with Gasteiger partial charge in [-0.25, -0.2) is 0 Å². The van der Waals surface area contributed by atoms with Crippen molar-refractivity contribution >= 4 is 28.8 Å². The van der Waals surface area contributed by atoms with E-state index >= 15 is 0 Å². The fourth-order valence-electron chi connectivity index (χ4n) is 1.25. The molecule has 0 fully saturated rings. The Morgan fingerprint density at radius 1 is 1.35 bits per heavy atom. The molecule has 2 rings (SSSR count). The Hall–Kier alpha value is -1.84. The van der Waals surface area contributed by atoms with Crippen molar-refractivity contribution < 1.29 is 4.92 Å². The molecule has 0 aliphatic heterocycles. The van der Waals surface area contributed by atoms with E-state index < -0.39 is 4.92 Å². The van der Waals surface area contributed by atoms with Gasteiger partial charge in [-0.15, -0.1) is 11.3 Å². The molecule has 0 N–H and O–H groups in total. The predicted octanol–water partition coefficient (Wildman–Crippen LogP) is 3.68. The van der Waals surface area contributed by atoms with E-state index in [1.54, 1.807) is 29.6 Å². The second kappa shape index (κ2) is 4.99. The summed E-state index contributed by atoms with van der Waals surface area (Å²) in [6.07, 6.45) is 0. The summed E-state index contributed by atoms with van der Waals surface area (Å²) in [6.45, 7) is 0. The number of benzene rings is 1. The van der Waals surface area contributed by atoms with Gasteiger partial charge in [-0.2, -0.15) is 5.26 Å². The van der Waals surface area contributed by atoms with Crippen LogP contribution in [-0.2, 0) is 0 Å². The zero-order valence-corrected chi connectivity index (χ0v) is 10.1. The highest BCUT2D eigenvalue weighted by atomic mass is 32.2. The molecule has 4 nitrogen and oxygen atoms in total. The zero-order chi connectivity index (χ0) is 12.3. The van der Waals surface area contributed by atoms with Crippen molar-refractivity contribution in [2.24, 2.45) is 0 Å². The highest BCUT2D eigenvalue weighted by Crippen LogP contribution is 2.38. The second-order valence-corrected chi connectivity index (χ2v) is 5.29. The summed E-state index contributed by atoms with van der Waals surface area (Å²) >= 11 is 2.66. The van der Waals surface area contributed by atoms with Gasteiger partial charge >= 0.3 is 0 Å². The van der Waals surface area contributed by atoms with E-state index in [1.165, 1.54) is 29.2 Å². The van der Waals surface area contributed by atoms with E-state index in [1.807, 2.05) is 0 Å². The first kappa shape index (κ1) is 11.6. The molecular weight excluding hydrogens is 256 g/mol. The molecule has 0 saturated heterocycles. The molecule has 0 aliphatic carbocycles. The molecule has 17 heavy (non-hydrogen) atoms. The first-order chi connectivity index (χ1) is 8.22. The number of rotatable bonds is 3. The van der Waals surface area contributed by atoms with E-state index in [-0.39, 0.29) is 5.69 Å². The monoisotopic (exact) mass is 262 g/mol. The number of nitro groups is 1. The number of hydrogen-bond donors (Lipinski definition) is 0. The number of nitro benzene ring substituents is 1. The van der Waals surface area contributed by atoms with Gasteiger partial charge in [-0.1, -0.05) is 23.9 Å². The lowest BCUT2D eigenvalue weighted by molar-refractivity contribution is -0.387. The molecule has 1 heterocycles. The van der Waals surface area contributed by atoms with Crippen molar-refractivity contribution in [1.29, 1.82) is 5.26 Å². The van der Waals surface area contributed by atoms with Crippen molar-refractivity contribution in [1.82, 2.24) is 0 Å². The van der Waals surface area contributed by atoms with Crippen molar-refractivity contribution in [3.63, 3.8) is 0 Å². The largest absolute Gasteiger partial charge is 0.283 e. The van der Waals surface area contributed by atoms with Crippen LogP contribution in [0.1, 0.15) is 5.56 Å². The van der Waals surface area contributed by atoms with Gasteiger partial charge in [0.25, 0.3) is 5.69 Å². The highest BCUT2D eigenvalue weighted by Gasteiger charge is 2.15. The van der Waals surface area contributed by atoms with Crippen LogP contribution < -0.4 is 0 Å². The quantitative estimate of drug-likeness (QED) is 0.625. The van der Waals surface area contributed by atoms with Gasteiger partial charge in [0.1, 0.15) is 6.07 Å². The van der Waals surface area contributed by atoms with Crippen LogP contribution in [0.25, 0.3) is 0 Å². The summed E-state index contributed by atoms with van der Waals surface area (Å²) < 4.78 is 0.779. The number of thiophene rings is 1. The van der Waals surface area contributed by atoms with Crippen LogP contribution in [0.15, 0.2) is 44.8 Å². The molecule has 0 amide bonds. The van der Waals surface area contributed by atoms with Crippen molar-refractivity contribution in [2.45, 2.75) is 9.10 Å². The molecule has 0 unspecified atom stereocenters. The second-order valence-electron chi connectivity index (χ2n) is 3.06. The summed E-state index contributed by atoms with van der Waals surface area (Å²) in [4.78, 5) is 11.0. The molecule has 0 saturated carbocycles. The van der Waals surface area contributed by atoms with Crippen LogP contribution in [-0.4, -0.2) is 4.92 Å². The first-order valence-corrected chi connectivity index (χ1v) is 6.31. The molecule has 84 valence electrons. The minimum atomic E-state index is -0.415. The van der Waals surface area contributed by atoms with E-state index in [2.05, 4.69) is 6.07 Å². The molecule has 2 aromatic rings. The van der Waals surface area contributed by atoms with Crippen LogP contribution in [0.4, 0.5) is 5.69 Å². The Balaban J connectivity index is 2.37. The topological polar surface area (TPSA) is 66.9 Å². The fraction of sp³-hybridized carbons (Fsp3) is 0. The lowest BCUT2D eigenvalue weighted by Crippen LogP contribution is -1.89. The Bertz CT molecular complexity index is 602. The molecule has 0 atom stereocenters. The Labute approximate surface area is 106 Å². The summed E-state index contributed by atoms with van der Waals surface area (Å²) in [5.41, 5.74) is 0.618. The maximum Gasteiger partial charge on any atom is 0.283 e. The maximum atomic E-state index is 10.8. The third-order valence-corrected chi connectivity index (χ3v) is 4.23. The van der Waals surface area contributed by atoms with E-state index in [4.69, 9.17) is 5.26 Å². The zero-order valence-electron chi connectivity index (χ0n) is 8.49. The highest BCUT2D eigenvalue weighted by molar-refractivity contribution is 8.01. The van der Waals surface area contributed by atoms with Crippen LogP contribution in [0.2, 0.25) is 0 Å². The third kappa shape index (κ3) is 2.46. The van der Waals surface area contributed by atoms with Gasteiger partial charge in [0.15, 0.2) is 0 Å². The summed E-state index contributed by atoms with van der Waals surface area (Å²) in [5.74, 6) is 0. The third-order valence-electron chi connectivity index (χ3n) is 2.01. The molecule has 0 bridgehead atoms. The Morgan fingerprint density at radius 3 is 2.82 bits per heavy atom. The summed E-state index contributed by atoms with van der Waals surface area (Å²) in [5, 5.41) is 21.5. The van der Waals surface area contributed by atoms with E-state index in [0.29, 0.717) is 10.5 Å². The smallest absolute Gasteiger partial charge is 0.258 e. The molecule has 1 aromatic carbocycles. The molecule has 0 radical (unpaired) electrons. The number of hydrogen-bond acceptors (Lipinski definition) is 5. The standard InChI is InChI=1S/C11H6N2O2S2/c12-7-8-5-6-16-11(8)17-10-4-2-1-3-9(10)13(14)15/h1-6H. The Kier molecular flexibility index (Phi) is 3.42. The number of para-hydroxylation sites is 1. The molecule has 1 aromatic heterocycles. The average molecular weight is 262 g/mol. The molecular formula is C11H6N2O2S2. The van der Waals surface area contributed by atoms with Gasteiger partial charge < -0.3 is 0 Å². The predicted molar refractivity (Wildman–Crippen MR) is 66.3 cm³/mol. The van der Waals surface area contributed by atoms with E-state index in [0.717, 1.165) is 4.21 Å². The van der Waals surface area contributed by atoms with Crippen LogP contribution in [0, 0.1) is 21.4 Å². The minimum Gasteiger partial charge on any atom is -0.258 e. The SMILES string of the molecule is N#Cc1ccsc1Sc1ccccc1[N+](=O)[O-]. The van der Waals surface area contributed by atoms with Gasteiger partial charge in [0, 0.05) is 6.07 Å². The van der Waals surface area contributed by atoms with Crippen molar-refractivity contribution in [2.75, 3.05) is 0 Å². The Morgan fingerprint density at radius 2 is 2.12 bits per heavy atom. The van der Waals surface area contributed by atoms with Crippen LogP contribution >= 0.6 is 23.1 Å². The van der Waals surface area contributed by atoms with Gasteiger partial charge in [0.05, 0.1) is 19.6 Å². The van der Waals surface area contributed by atoms with Gasteiger partial charge in [0.2, 0.25) is 0 Å². The number of nitrogens with zero attached hydrogens (tertiary/aromatic N) is 2. The summed E-state index contributed by atoms with van der Waals surface area (Å²) in [7, 11) is 0. The lowest BCUT2D eigenvalue weighted by Gasteiger charge is -2.00. The number of nitriles is 1. The first-order valence-electron chi connectivity index (χ1n) is 4.61. The molecule has 0 aliphatic rings. The molecule has 6 heteroatoms. The van der Waals surface area contributed by atoms with Gasteiger partial charge in [-0.3, -0.25) is 10.1 Å².